The van der Waals surface area contributed by atoms with Crippen molar-refractivity contribution in [2.75, 3.05) is 11.5 Å². The largest absolute Gasteiger partial charge is 0.318 e. The van der Waals surface area contributed by atoms with E-state index in [2.05, 4.69) is 0 Å². The quantitative estimate of drug-likeness (QED) is 0.813. The molecule has 0 bridgehead atoms. The van der Waals surface area contributed by atoms with Crippen molar-refractivity contribution in [3.63, 3.8) is 0 Å². The number of benzene rings is 1. The van der Waals surface area contributed by atoms with Crippen LogP contribution in [0.1, 0.15) is 31.4 Å². The van der Waals surface area contributed by atoms with Crippen LogP contribution >= 0.6 is 0 Å². The van der Waals surface area contributed by atoms with Crippen molar-refractivity contribution in [3.05, 3.63) is 35.9 Å². The van der Waals surface area contributed by atoms with E-state index in [-0.39, 0.29) is 23.7 Å². The molecule has 0 aliphatic heterocycles. The summed E-state index contributed by atoms with van der Waals surface area (Å²) in [7, 11) is -3.00. The Labute approximate surface area is 108 Å². The maximum Gasteiger partial charge on any atom is 0.154 e. The fourth-order valence-electron chi connectivity index (χ4n) is 1.61. The van der Waals surface area contributed by atoms with Gasteiger partial charge in [-0.25, -0.2) is 8.42 Å². The molecule has 0 amide bonds. The van der Waals surface area contributed by atoms with E-state index in [1.54, 1.807) is 19.1 Å². The van der Waals surface area contributed by atoms with Crippen molar-refractivity contribution in [2.45, 2.75) is 25.8 Å². The van der Waals surface area contributed by atoms with Crippen LogP contribution in [0.2, 0.25) is 0 Å². The Morgan fingerprint density at radius 2 is 1.89 bits per heavy atom. The van der Waals surface area contributed by atoms with Crippen molar-refractivity contribution in [1.29, 1.82) is 0 Å². The van der Waals surface area contributed by atoms with Gasteiger partial charge in [0, 0.05) is 12.2 Å². The predicted octanol–water partition coefficient (Wildman–Crippen LogP) is 1.47. The highest BCUT2D eigenvalue weighted by atomic mass is 32.2. The highest BCUT2D eigenvalue weighted by Crippen LogP contribution is 2.13. The number of carbonyl (C=O) groups excluding carboxylic acids is 1. The van der Waals surface area contributed by atoms with Crippen LogP contribution in [0.5, 0.6) is 0 Å². The molecule has 0 fully saturated rings. The molecule has 0 heterocycles. The smallest absolute Gasteiger partial charge is 0.154 e. The molecule has 0 radical (unpaired) electrons. The number of Topliss-reactive ketones (excluding diaryl/α,β-unsaturated/α-hetero) is 1. The molecule has 0 aliphatic carbocycles. The van der Waals surface area contributed by atoms with Gasteiger partial charge in [-0.15, -0.1) is 0 Å². The summed E-state index contributed by atoms with van der Waals surface area (Å²) in [6, 6.07) is 8.44. The van der Waals surface area contributed by atoms with Gasteiger partial charge >= 0.3 is 0 Å². The van der Waals surface area contributed by atoms with E-state index in [1.165, 1.54) is 0 Å². The van der Waals surface area contributed by atoms with E-state index in [9.17, 15) is 13.2 Å². The van der Waals surface area contributed by atoms with Crippen LogP contribution in [0.25, 0.3) is 0 Å². The van der Waals surface area contributed by atoms with E-state index < -0.39 is 15.9 Å². The second-order valence-corrected chi connectivity index (χ2v) is 6.67. The Morgan fingerprint density at radius 3 is 2.44 bits per heavy atom. The zero-order chi connectivity index (χ0) is 13.6. The standard InChI is InChI=1S/C13H19NO3S/c1-2-18(16,17)10-6-9-12(15)13(14)11-7-4-3-5-8-11/h3-5,7-8,13H,2,6,9-10,14H2,1H3. The van der Waals surface area contributed by atoms with E-state index in [0.29, 0.717) is 6.42 Å². The van der Waals surface area contributed by atoms with Gasteiger partial charge in [0.2, 0.25) is 0 Å². The van der Waals surface area contributed by atoms with E-state index in [0.717, 1.165) is 5.56 Å². The Kier molecular flexibility index (Phi) is 5.50. The fourth-order valence-corrected chi connectivity index (χ4v) is 2.49. The summed E-state index contributed by atoms with van der Waals surface area (Å²) in [6.45, 7) is 1.60. The molecule has 1 aromatic carbocycles. The van der Waals surface area contributed by atoms with E-state index in [4.69, 9.17) is 5.73 Å². The summed E-state index contributed by atoms with van der Waals surface area (Å²) in [5.41, 5.74) is 6.59. The topological polar surface area (TPSA) is 77.2 Å². The number of hydrogen-bond acceptors (Lipinski definition) is 4. The van der Waals surface area contributed by atoms with Crippen LogP contribution in [0, 0.1) is 0 Å². The summed E-state index contributed by atoms with van der Waals surface area (Å²) >= 11 is 0. The molecule has 4 nitrogen and oxygen atoms in total. The molecule has 0 spiro atoms. The molecule has 1 aromatic rings. The van der Waals surface area contributed by atoms with Gasteiger partial charge < -0.3 is 5.73 Å². The van der Waals surface area contributed by atoms with Crippen LogP contribution in [0.15, 0.2) is 30.3 Å². The van der Waals surface area contributed by atoms with Crippen LogP contribution in [-0.2, 0) is 14.6 Å². The second-order valence-electron chi connectivity index (χ2n) is 4.19. The Balaban J connectivity index is 2.47. The number of nitrogens with two attached hydrogens (primary N) is 1. The van der Waals surface area contributed by atoms with Crippen molar-refractivity contribution < 1.29 is 13.2 Å². The highest BCUT2D eigenvalue weighted by molar-refractivity contribution is 7.91. The molecular formula is C13H19NO3S. The van der Waals surface area contributed by atoms with Gasteiger partial charge in [-0.1, -0.05) is 37.3 Å². The Hall–Kier alpha value is -1.20. The van der Waals surface area contributed by atoms with Gasteiger partial charge in [0.05, 0.1) is 11.8 Å². The molecule has 1 rings (SSSR count). The molecular weight excluding hydrogens is 250 g/mol. The van der Waals surface area contributed by atoms with Gasteiger partial charge in [0.1, 0.15) is 9.84 Å². The minimum Gasteiger partial charge on any atom is -0.318 e. The second kappa shape index (κ2) is 6.66. The molecule has 1 atom stereocenters. The minimum absolute atomic E-state index is 0.0523. The fraction of sp³-hybridized carbons (Fsp3) is 0.462. The zero-order valence-electron chi connectivity index (χ0n) is 10.5. The monoisotopic (exact) mass is 269 g/mol. The third kappa shape index (κ3) is 4.58. The summed E-state index contributed by atoms with van der Waals surface area (Å²) in [4.78, 5) is 11.8. The number of ketones is 1. The summed E-state index contributed by atoms with van der Waals surface area (Å²) in [5.74, 6) is 0.0513. The molecule has 5 heteroatoms. The van der Waals surface area contributed by atoms with Gasteiger partial charge in [-0.2, -0.15) is 0 Å². The first-order valence-corrected chi connectivity index (χ1v) is 7.82. The average molecular weight is 269 g/mol. The first-order valence-electron chi connectivity index (χ1n) is 6.00. The lowest BCUT2D eigenvalue weighted by Gasteiger charge is -2.10. The number of sulfone groups is 1. The summed E-state index contributed by atoms with van der Waals surface area (Å²) < 4.78 is 22.6. The molecule has 1 unspecified atom stereocenters. The van der Waals surface area contributed by atoms with Crippen LogP contribution in [0.4, 0.5) is 0 Å². The third-order valence-corrected chi connectivity index (χ3v) is 4.61. The van der Waals surface area contributed by atoms with E-state index >= 15 is 0 Å². The SMILES string of the molecule is CCS(=O)(=O)CCCC(=O)C(N)c1ccccc1. The third-order valence-electron chi connectivity index (χ3n) is 2.82. The molecule has 0 aliphatic rings. The summed E-state index contributed by atoms with van der Waals surface area (Å²) in [6.07, 6.45) is 0.546. The van der Waals surface area contributed by atoms with E-state index in [1.807, 2.05) is 18.2 Å². The summed E-state index contributed by atoms with van der Waals surface area (Å²) in [5, 5.41) is 0. The maximum absolute atomic E-state index is 11.8. The Bertz CT molecular complexity index is 482. The zero-order valence-corrected chi connectivity index (χ0v) is 11.3. The number of hydrogen-bond donors (Lipinski definition) is 1. The van der Waals surface area contributed by atoms with Gasteiger partial charge in [0.25, 0.3) is 0 Å². The average Bonchev–Trinajstić information content (AvgIpc) is 2.38. The lowest BCUT2D eigenvalue weighted by Crippen LogP contribution is -2.22. The van der Waals surface area contributed by atoms with Crippen LogP contribution in [0.3, 0.4) is 0 Å². The Morgan fingerprint density at radius 1 is 1.28 bits per heavy atom. The van der Waals surface area contributed by atoms with Crippen molar-refractivity contribution >= 4 is 15.6 Å². The molecule has 100 valence electrons. The van der Waals surface area contributed by atoms with Gasteiger partial charge in [0.15, 0.2) is 5.78 Å². The van der Waals surface area contributed by atoms with Gasteiger partial charge in [-0.05, 0) is 12.0 Å². The van der Waals surface area contributed by atoms with Gasteiger partial charge in [-0.3, -0.25) is 4.79 Å². The van der Waals surface area contributed by atoms with Crippen molar-refractivity contribution in [2.24, 2.45) is 5.73 Å². The highest BCUT2D eigenvalue weighted by Gasteiger charge is 2.16. The lowest BCUT2D eigenvalue weighted by molar-refractivity contribution is -0.120. The molecule has 0 aromatic heterocycles. The first kappa shape index (κ1) is 14.9. The number of carbonyl (C=O) groups is 1. The number of rotatable bonds is 7. The molecule has 0 saturated heterocycles. The maximum atomic E-state index is 11.8. The van der Waals surface area contributed by atoms with Crippen LogP contribution < -0.4 is 5.73 Å². The molecule has 18 heavy (non-hydrogen) atoms. The van der Waals surface area contributed by atoms with Crippen molar-refractivity contribution in [3.8, 4) is 0 Å². The minimum atomic E-state index is -3.00. The normalized spacial score (nSPS) is 13.2. The predicted molar refractivity (Wildman–Crippen MR) is 71.9 cm³/mol. The lowest BCUT2D eigenvalue weighted by atomic mass is 10.0. The molecule has 0 saturated carbocycles. The first-order chi connectivity index (χ1) is 8.46. The molecule has 2 N–H and O–H groups in total. The van der Waals surface area contributed by atoms with Crippen molar-refractivity contribution in [1.82, 2.24) is 0 Å². The van der Waals surface area contributed by atoms with Crippen LogP contribution in [-0.4, -0.2) is 25.7 Å².